The second-order valence-corrected chi connectivity index (χ2v) is 7.28. The number of nitrogens with one attached hydrogen (secondary N) is 2. The van der Waals surface area contributed by atoms with Crippen molar-refractivity contribution in [1.29, 1.82) is 0 Å². The maximum absolute atomic E-state index is 3.73. The van der Waals surface area contributed by atoms with E-state index in [1.807, 2.05) is 0 Å². The second kappa shape index (κ2) is 8.46. The molecule has 0 spiro atoms. The van der Waals surface area contributed by atoms with Gasteiger partial charge in [-0.25, -0.2) is 0 Å². The molecule has 2 aromatic rings. The lowest BCUT2D eigenvalue weighted by molar-refractivity contribution is 0.305. The van der Waals surface area contributed by atoms with Crippen molar-refractivity contribution in [2.75, 3.05) is 0 Å². The van der Waals surface area contributed by atoms with Gasteiger partial charge in [0.25, 0.3) is 0 Å². The quantitative estimate of drug-likeness (QED) is 0.818. The van der Waals surface area contributed by atoms with E-state index in [2.05, 4.69) is 73.0 Å². The van der Waals surface area contributed by atoms with Crippen LogP contribution in [0.3, 0.4) is 0 Å². The van der Waals surface area contributed by atoms with E-state index in [0.717, 1.165) is 13.1 Å². The number of benzene rings is 2. The van der Waals surface area contributed by atoms with Crippen LogP contribution in [0.2, 0.25) is 0 Å². The summed E-state index contributed by atoms with van der Waals surface area (Å²) in [4.78, 5) is 0. The van der Waals surface area contributed by atoms with Crippen molar-refractivity contribution >= 4 is 0 Å². The molecule has 0 aliphatic heterocycles. The fourth-order valence-corrected chi connectivity index (χ4v) is 3.44. The zero-order chi connectivity index (χ0) is 16.8. The van der Waals surface area contributed by atoms with E-state index in [0.29, 0.717) is 12.1 Å². The van der Waals surface area contributed by atoms with Crippen LogP contribution in [0.15, 0.2) is 48.5 Å². The summed E-state index contributed by atoms with van der Waals surface area (Å²) in [5.41, 5.74) is 5.44. The van der Waals surface area contributed by atoms with Crippen molar-refractivity contribution in [2.45, 2.75) is 64.7 Å². The van der Waals surface area contributed by atoms with Crippen LogP contribution in [0, 0.1) is 13.8 Å². The van der Waals surface area contributed by atoms with Gasteiger partial charge in [-0.1, -0.05) is 59.7 Å². The Morgan fingerprint density at radius 1 is 0.625 bits per heavy atom. The predicted molar refractivity (Wildman–Crippen MR) is 102 cm³/mol. The highest BCUT2D eigenvalue weighted by atomic mass is 14.9. The van der Waals surface area contributed by atoms with Gasteiger partial charge >= 0.3 is 0 Å². The Morgan fingerprint density at radius 2 is 0.958 bits per heavy atom. The third kappa shape index (κ3) is 5.19. The van der Waals surface area contributed by atoms with Gasteiger partial charge in [-0.3, -0.25) is 0 Å². The summed E-state index contributed by atoms with van der Waals surface area (Å²) in [6, 6.07) is 19.1. The zero-order valence-electron chi connectivity index (χ0n) is 15.0. The lowest BCUT2D eigenvalue weighted by atomic mass is 9.91. The fourth-order valence-electron chi connectivity index (χ4n) is 3.44. The van der Waals surface area contributed by atoms with Crippen LogP contribution in [0.1, 0.15) is 47.9 Å². The molecule has 1 saturated carbocycles. The molecule has 2 heteroatoms. The van der Waals surface area contributed by atoms with Crippen molar-refractivity contribution in [3.63, 3.8) is 0 Å². The van der Waals surface area contributed by atoms with E-state index >= 15 is 0 Å². The number of rotatable bonds is 6. The van der Waals surface area contributed by atoms with Gasteiger partial charge in [0.15, 0.2) is 0 Å². The molecule has 0 amide bonds. The Labute approximate surface area is 146 Å². The van der Waals surface area contributed by atoms with E-state index in [-0.39, 0.29) is 0 Å². The van der Waals surface area contributed by atoms with E-state index in [1.165, 1.54) is 47.9 Å². The monoisotopic (exact) mass is 322 g/mol. The van der Waals surface area contributed by atoms with Gasteiger partial charge in [-0.2, -0.15) is 0 Å². The molecule has 0 bridgehead atoms. The molecule has 128 valence electrons. The summed E-state index contributed by atoms with van der Waals surface area (Å²) in [5.74, 6) is 0. The molecule has 24 heavy (non-hydrogen) atoms. The Hall–Kier alpha value is -1.64. The maximum Gasteiger partial charge on any atom is 0.0208 e. The Morgan fingerprint density at radius 3 is 1.29 bits per heavy atom. The fraction of sp³-hybridized carbons (Fsp3) is 0.455. The highest BCUT2D eigenvalue weighted by Gasteiger charge is 2.20. The van der Waals surface area contributed by atoms with E-state index in [4.69, 9.17) is 0 Å². The molecule has 0 saturated heterocycles. The average Bonchev–Trinajstić information content (AvgIpc) is 2.62. The SMILES string of the molecule is Cc1ccc(CNC2CCC(NCc3ccc(C)cc3)CC2)cc1. The van der Waals surface area contributed by atoms with Gasteiger partial charge in [0, 0.05) is 25.2 Å². The Kier molecular flexibility index (Phi) is 6.06. The molecule has 2 N–H and O–H groups in total. The lowest BCUT2D eigenvalue weighted by Crippen LogP contribution is -2.39. The summed E-state index contributed by atoms with van der Waals surface area (Å²) >= 11 is 0. The summed E-state index contributed by atoms with van der Waals surface area (Å²) in [6.45, 7) is 6.27. The minimum Gasteiger partial charge on any atom is -0.310 e. The summed E-state index contributed by atoms with van der Waals surface area (Å²) in [5, 5.41) is 7.46. The van der Waals surface area contributed by atoms with Crippen LogP contribution in [0.4, 0.5) is 0 Å². The molecular weight excluding hydrogens is 292 g/mol. The molecule has 3 rings (SSSR count). The molecule has 0 unspecified atom stereocenters. The first-order valence-corrected chi connectivity index (χ1v) is 9.27. The second-order valence-electron chi connectivity index (χ2n) is 7.28. The van der Waals surface area contributed by atoms with E-state index in [1.54, 1.807) is 0 Å². The van der Waals surface area contributed by atoms with Gasteiger partial charge in [0.05, 0.1) is 0 Å². The molecule has 2 nitrogen and oxygen atoms in total. The highest BCUT2D eigenvalue weighted by Crippen LogP contribution is 2.19. The standard InChI is InChI=1S/C22H30N2/c1-17-3-7-19(8-4-17)15-23-21-11-13-22(14-12-21)24-16-20-9-5-18(2)6-10-20/h3-10,21-24H,11-16H2,1-2H3. The van der Waals surface area contributed by atoms with Crippen molar-refractivity contribution < 1.29 is 0 Å². The van der Waals surface area contributed by atoms with Crippen molar-refractivity contribution in [3.05, 3.63) is 70.8 Å². The highest BCUT2D eigenvalue weighted by molar-refractivity contribution is 5.22. The van der Waals surface area contributed by atoms with Gasteiger partial charge in [-0.15, -0.1) is 0 Å². The molecule has 1 aliphatic carbocycles. The first-order chi connectivity index (χ1) is 11.7. The van der Waals surface area contributed by atoms with Crippen molar-refractivity contribution in [1.82, 2.24) is 10.6 Å². The van der Waals surface area contributed by atoms with Crippen LogP contribution >= 0.6 is 0 Å². The molecule has 1 fully saturated rings. The van der Waals surface area contributed by atoms with Crippen molar-refractivity contribution in [2.24, 2.45) is 0 Å². The lowest BCUT2D eigenvalue weighted by Gasteiger charge is -2.30. The normalized spacial score (nSPS) is 20.9. The van der Waals surface area contributed by atoms with E-state index in [9.17, 15) is 0 Å². The van der Waals surface area contributed by atoms with Crippen LogP contribution in [-0.2, 0) is 13.1 Å². The number of aryl methyl sites for hydroxylation is 2. The van der Waals surface area contributed by atoms with Crippen LogP contribution in [0.25, 0.3) is 0 Å². The third-order valence-electron chi connectivity index (χ3n) is 5.16. The van der Waals surface area contributed by atoms with Crippen LogP contribution in [0.5, 0.6) is 0 Å². The average molecular weight is 322 g/mol. The topological polar surface area (TPSA) is 24.1 Å². The summed E-state index contributed by atoms with van der Waals surface area (Å²) in [7, 11) is 0. The first-order valence-electron chi connectivity index (χ1n) is 9.27. The number of hydrogen-bond acceptors (Lipinski definition) is 2. The maximum atomic E-state index is 3.73. The van der Waals surface area contributed by atoms with Gasteiger partial charge in [-0.05, 0) is 50.7 Å². The third-order valence-corrected chi connectivity index (χ3v) is 5.16. The molecule has 0 heterocycles. The van der Waals surface area contributed by atoms with E-state index < -0.39 is 0 Å². The molecule has 0 atom stereocenters. The predicted octanol–water partition coefficient (Wildman–Crippen LogP) is 4.49. The van der Waals surface area contributed by atoms with Gasteiger partial charge < -0.3 is 10.6 Å². The van der Waals surface area contributed by atoms with Crippen molar-refractivity contribution in [3.8, 4) is 0 Å². The number of hydrogen-bond donors (Lipinski definition) is 2. The Bertz CT molecular complexity index is 550. The largest absolute Gasteiger partial charge is 0.310 e. The first kappa shape index (κ1) is 17.2. The molecule has 2 aromatic carbocycles. The molecule has 1 aliphatic rings. The smallest absolute Gasteiger partial charge is 0.0208 e. The van der Waals surface area contributed by atoms with Crippen LogP contribution in [-0.4, -0.2) is 12.1 Å². The van der Waals surface area contributed by atoms with Crippen LogP contribution < -0.4 is 10.6 Å². The van der Waals surface area contributed by atoms with Gasteiger partial charge in [0.2, 0.25) is 0 Å². The Balaban J connectivity index is 1.36. The molecule has 0 aromatic heterocycles. The molecule has 0 radical (unpaired) electrons. The zero-order valence-corrected chi connectivity index (χ0v) is 15.0. The minimum absolute atomic E-state index is 0.670. The molecular formula is C22H30N2. The summed E-state index contributed by atoms with van der Waals surface area (Å²) < 4.78 is 0. The summed E-state index contributed by atoms with van der Waals surface area (Å²) in [6.07, 6.45) is 5.10. The van der Waals surface area contributed by atoms with Gasteiger partial charge in [0.1, 0.15) is 0 Å². The minimum atomic E-state index is 0.670.